The Balaban J connectivity index is 1.68. The lowest BCUT2D eigenvalue weighted by atomic mass is 9.98. The van der Waals surface area contributed by atoms with Gasteiger partial charge in [0.2, 0.25) is 0 Å². The normalized spacial score (nSPS) is 34.6. The summed E-state index contributed by atoms with van der Waals surface area (Å²) in [5.74, 6) is 3.13. The molecule has 0 aromatic carbocycles. The number of furan rings is 1. The highest BCUT2D eigenvalue weighted by atomic mass is 16.4. The standard InChI is InChI=1S/C14H21NO2/c1-9-8-10(9)12-5-6-13(17-12)14(16)11-4-2-3-7-15-11/h5-6,9-11,14-16H,2-4,7-8H2,1H3. The molecule has 3 nitrogen and oxygen atoms in total. The van der Waals surface area contributed by atoms with Crippen molar-refractivity contribution in [3.63, 3.8) is 0 Å². The molecule has 1 aliphatic carbocycles. The van der Waals surface area contributed by atoms with Gasteiger partial charge in [-0.1, -0.05) is 13.3 Å². The van der Waals surface area contributed by atoms with Crippen LogP contribution in [0.1, 0.15) is 56.1 Å². The Morgan fingerprint density at radius 3 is 2.88 bits per heavy atom. The first-order valence-electron chi connectivity index (χ1n) is 6.77. The molecule has 3 rings (SSSR count). The zero-order valence-electron chi connectivity index (χ0n) is 10.4. The van der Waals surface area contributed by atoms with E-state index in [1.807, 2.05) is 12.1 Å². The molecule has 4 atom stereocenters. The molecule has 4 unspecified atom stereocenters. The van der Waals surface area contributed by atoms with Crippen molar-refractivity contribution >= 4 is 0 Å². The van der Waals surface area contributed by atoms with E-state index in [-0.39, 0.29) is 6.04 Å². The van der Waals surface area contributed by atoms with Crippen molar-refractivity contribution in [2.45, 2.75) is 50.7 Å². The summed E-state index contributed by atoms with van der Waals surface area (Å²) in [6.07, 6.45) is 4.19. The number of rotatable bonds is 3. The Labute approximate surface area is 102 Å². The molecule has 1 aliphatic heterocycles. The molecular formula is C14H21NO2. The van der Waals surface area contributed by atoms with Crippen molar-refractivity contribution in [2.75, 3.05) is 6.54 Å². The third kappa shape index (κ3) is 2.26. The Morgan fingerprint density at radius 2 is 2.24 bits per heavy atom. The van der Waals surface area contributed by atoms with Gasteiger partial charge in [0.1, 0.15) is 17.6 Å². The van der Waals surface area contributed by atoms with Crippen LogP contribution in [0.3, 0.4) is 0 Å². The number of hydrogen-bond acceptors (Lipinski definition) is 3. The molecule has 2 heterocycles. The summed E-state index contributed by atoms with van der Waals surface area (Å²) >= 11 is 0. The molecule has 0 radical (unpaired) electrons. The van der Waals surface area contributed by atoms with E-state index in [0.29, 0.717) is 5.92 Å². The van der Waals surface area contributed by atoms with Crippen molar-refractivity contribution in [3.05, 3.63) is 23.7 Å². The fourth-order valence-corrected chi connectivity index (χ4v) is 2.79. The quantitative estimate of drug-likeness (QED) is 0.846. The van der Waals surface area contributed by atoms with Gasteiger partial charge in [0.15, 0.2) is 0 Å². The van der Waals surface area contributed by atoms with Crippen LogP contribution >= 0.6 is 0 Å². The SMILES string of the molecule is CC1CC1c1ccc(C(O)C2CCCCN2)o1. The van der Waals surface area contributed by atoms with Crippen molar-refractivity contribution < 1.29 is 9.52 Å². The monoisotopic (exact) mass is 235 g/mol. The first kappa shape index (κ1) is 11.3. The van der Waals surface area contributed by atoms with E-state index in [1.54, 1.807) is 0 Å². The van der Waals surface area contributed by atoms with Crippen LogP contribution in [0.4, 0.5) is 0 Å². The third-order valence-corrected chi connectivity index (χ3v) is 4.14. The van der Waals surface area contributed by atoms with Crippen LogP contribution in [0.15, 0.2) is 16.5 Å². The van der Waals surface area contributed by atoms with Gasteiger partial charge >= 0.3 is 0 Å². The van der Waals surface area contributed by atoms with Gasteiger partial charge in [-0.2, -0.15) is 0 Å². The predicted octanol–water partition coefficient (Wildman–Crippen LogP) is 2.58. The minimum atomic E-state index is -0.488. The summed E-state index contributed by atoms with van der Waals surface area (Å²) < 4.78 is 5.80. The average Bonchev–Trinajstić information content (AvgIpc) is 2.92. The maximum absolute atomic E-state index is 10.3. The zero-order valence-corrected chi connectivity index (χ0v) is 10.4. The minimum Gasteiger partial charge on any atom is -0.463 e. The number of nitrogens with one attached hydrogen (secondary N) is 1. The van der Waals surface area contributed by atoms with E-state index in [9.17, 15) is 5.11 Å². The largest absolute Gasteiger partial charge is 0.463 e. The number of aliphatic hydroxyl groups excluding tert-OH is 1. The van der Waals surface area contributed by atoms with E-state index in [4.69, 9.17) is 4.42 Å². The molecule has 0 amide bonds. The van der Waals surface area contributed by atoms with Crippen LogP contribution in [0.2, 0.25) is 0 Å². The van der Waals surface area contributed by atoms with Gasteiger partial charge in [0.05, 0.1) is 0 Å². The molecule has 1 aromatic rings. The Morgan fingerprint density at radius 1 is 1.41 bits per heavy atom. The second kappa shape index (κ2) is 4.46. The van der Waals surface area contributed by atoms with Crippen molar-refractivity contribution in [1.82, 2.24) is 5.32 Å². The van der Waals surface area contributed by atoms with Gasteiger partial charge in [-0.3, -0.25) is 0 Å². The summed E-state index contributed by atoms with van der Waals surface area (Å²) in [7, 11) is 0. The van der Waals surface area contributed by atoms with Crippen LogP contribution in [0.5, 0.6) is 0 Å². The smallest absolute Gasteiger partial charge is 0.134 e. The molecule has 1 aromatic heterocycles. The maximum atomic E-state index is 10.3. The minimum absolute atomic E-state index is 0.166. The van der Waals surface area contributed by atoms with Crippen LogP contribution in [-0.4, -0.2) is 17.7 Å². The average molecular weight is 235 g/mol. The third-order valence-electron chi connectivity index (χ3n) is 4.14. The van der Waals surface area contributed by atoms with Crippen LogP contribution in [-0.2, 0) is 0 Å². The summed E-state index contributed by atoms with van der Waals surface area (Å²) in [6, 6.07) is 4.15. The fourth-order valence-electron chi connectivity index (χ4n) is 2.79. The lowest BCUT2D eigenvalue weighted by Gasteiger charge is -2.26. The fraction of sp³-hybridized carbons (Fsp3) is 0.714. The molecule has 2 aliphatic rings. The Kier molecular flexibility index (Phi) is 2.97. The first-order valence-corrected chi connectivity index (χ1v) is 6.77. The molecular weight excluding hydrogens is 214 g/mol. The predicted molar refractivity (Wildman–Crippen MR) is 65.8 cm³/mol. The Bertz CT molecular complexity index is 381. The molecule has 2 N–H and O–H groups in total. The Hall–Kier alpha value is -0.800. The summed E-state index contributed by atoms with van der Waals surface area (Å²) in [5.41, 5.74) is 0. The van der Waals surface area contributed by atoms with Gasteiger partial charge in [-0.05, 0) is 43.9 Å². The zero-order chi connectivity index (χ0) is 11.8. The number of piperidine rings is 1. The highest BCUT2D eigenvalue weighted by Gasteiger charge is 2.37. The summed E-state index contributed by atoms with van der Waals surface area (Å²) in [6.45, 7) is 3.25. The lowest BCUT2D eigenvalue weighted by Crippen LogP contribution is -2.38. The molecule has 1 saturated heterocycles. The molecule has 1 saturated carbocycles. The highest BCUT2D eigenvalue weighted by Crippen LogP contribution is 2.47. The molecule has 0 spiro atoms. The van der Waals surface area contributed by atoms with E-state index in [2.05, 4.69) is 12.2 Å². The van der Waals surface area contributed by atoms with Gasteiger partial charge in [-0.25, -0.2) is 0 Å². The van der Waals surface area contributed by atoms with Gasteiger partial charge in [0.25, 0.3) is 0 Å². The first-order chi connectivity index (χ1) is 8.25. The topological polar surface area (TPSA) is 45.4 Å². The van der Waals surface area contributed by atoms with E-state index >= 15 is 0 Å². The lowest BCUT2D eigenvalue weighted by molar-refractivity contribution is 0.0911. The van der Waals surface area contributed by atoms with E-state index in [0.717, 1.165) is 30.4 Å². The molecule has 2 fully saturated rings. The maximum Gasteiger partial charge on any atom is 0.134 e. The van der Waals surface area contributed by atoms with E-state index < -0.39 is 6.10 Å². The number of aliphatic hydroxyl groups is 1. The summed E-state index contributed by atoms with van der Waals surface area (Å²) in [5, 5.41) is 13.6. The highest BCUT2D eigenvalue weighted by molar-refractivity contribution is 5.19. The second-order valence-electron chi connectivity index (χ2n) is 5.56. The second-order valence-corrected chi connectivity index (χ2v) is 5.56. The van der Waals surface area contributed by atoms with Crippen LogP contribution in [0, 0.1) is 5.92 Å². The number of hydrogen-bond donors (Lipinski definition) is 2. The molecule has 17 heavy (non-hydrogen) atoms. The van der Waals surface area contributed by atoms with Crippen molar-refractivity contribution in [2.24, 2.45) is 5.92 Å². The van der Waals surface area contributed by atoms with Gasteiger partial charge in [-0.15, -0.1) is 0 Å². The van der Waals surface area contributed by atoms with Crippen molar-refractivity contribution in [1.29, 1.82) is 0 Å². The summed E-state index contributed by atoms with van der Waals surface area (Å²) in [4.78, 5) is 0. The molecule has 94 valence electrons. The van der Waals surface area contributed by atoms with Crippen LogP contribution in [0.25, 0.3) is 0 Å². The molecule has 0 bridgehead atoms. The van der Waals surface area contributed by atoms with Gasteiger partial charge in [0, 0.05) is 12.0 Å². The van der Waals surface area contributed by atoms with E-state index in [1.165, 1.54) is 19.3 Å². The van der Waals surface area contributed by atoms with Gasteiger partial charge < -0.3 is 14.8 Å². The molecule has 3 heteroatoms. The van der Waals surface area contributed by atoms with Crippen molar-refractivity contribution in [3.8, 4) is 0 Å². The van der Waals surface area contributed by atoms with Crippen LogP contribution < -0.4 is 5.32 Å².